The van der Waals surface area contributed by atoms with Crippen molar-refractivity contribution in [1.82, 2.24) is 5.32 Å². The molecule has 21 heavy (non-hydrogen) atoms. The summed E-state index contributed by atoms with van der Waals surface area (Å²) < 4.78 is 12.8. The lowest BCUT2D eigenvalue weighted by molar-refractivity contribution is -0.118. The minimum Gasteiger partial charge on any atom is -0.355 e. The number of unbranched alkanes of at least 4 members (excludes halogenated alkanes) is 1. The topological polar surface area (TPSA) is 29.1 Å². The lowest BCUT2D eigenvalue weighted by Gasteiger charge is -2.15. The average molecular weight is 311 g/mol. The van der Waals surface area contributed by atoms with Crippen LogP contribution in [0.5, 0.6) is 0 Å². The van der Waals surface area contributed by atoms with E-state index in [9.17, 15) is 9.18 Å². The molecule has 1 amide bonds. The van der Waals surface area contributed by atoms with Crippen LogP contribution in [0, 0.1) is 11.7 Å². The second kappa shape index (κ2) is 10.7. The van der Waals surface area contributed by atoms with E-state index < -0.39 is 0 Å². The molecule has 2 nitrogen and oxygen atoms in total. The number of carbonyl (C=O) groups excluding carboxylic acids is 1. The highest BCUT2D eigenvalue weighted by Gasteiger charge is 2.08. The molecule has 1 atom stereocenters. The van der Waals surface area contributed by atoms with Crippen LogP contribution in [0.25, 0.3) is 0 Å². The lowest BCUT2D eigenvalue weighted by atomic mass is 9.99. The number of halogens is 1. The summed E-state index contributed by atoms with van der Waals surface area (Å²) >= 11 is 1.56. The molecule has 0 radical (unpaired) electrons. The minimum absolute atomic E-state index is 0.0945. The van der Waals surface area contributed by atoms with E-state index in [2.05, 4.69) is 19.2 Å². The second-order valence-electron chi connectivity index (χ2n) is 5.34. The number of amides is 1. The van der Waals surface area contributed by atoms with Gasteiger partial charge in [-0.1, -0.05) is 45.2 Å². The third kappa shape index (κ3) is 8.10. The maximum absolute atomic E-state index is 12.8. The van der Waals surface area contributed by atoms with Crippen LogP contribution in [0.15, 0.2) is 24.3 Å². The van der Waals surface area contributed by atoms with Gasteiger partial charge in [0.2, 0.25) is 5.91 Å². The van der Waals surface area contributed by atoms with Gasteiger partial charge in [-0.05, 0) is 30.0 Å². The fourth-order valence-electron chi connectivity index (χ4n) is 2.09. The largest absolute Gasteiger partial charge is 0.355 e. The van der Waals surface area contributed by atoms with Crippen molar-refractivity contribution in [2.45, 2.75) is 45.3 Å². The summed E-state index contributed by atoms with van der Waals surface area (Å²) in [5.74, 6) is 1.66. The second-order valence-corrected chi connectivity index (χ2v) is 6.33. The van der Waals surface area contributed by atoms with Crippen LogP contribution in [0.2, 0.25) is 0 Å². The van der Waals surface area contributed by atoms with Gasteiger partial charge in [-0.15, -0.1) is 11.8 Å². The van der Waals surface area contributed by atoms with Crippen molar-refractivity contribution in [2.75, 3.05) is 12.3 Å². The first-order valence-electron chi connectivity index (χ1n) is 7.74. The van der Waals surface area contributed by atoms with E-state index in [0.717, 1.165) is 24.3 Å². The Bertz CT molecular complexity index is 408. The number of carbonyl (C=O) groups is 1. The van der Waals surface area contributed by atoms with Gasteiger partial charge in [0.1, 0.15) is 5.82 Å². The van der Waals surface area contributed by atoms with Gasteiger partial charge in [-0.3, -0.25) is 4.79 Å². The Morgan fingerprint density at radius 2 is 2.00 bits per heavy atom. The van der Waals surface area contributed by atoms with Gasteiger partial charge in [0, 0.05) is 12.3 Å². The van der Waals surface area contributed by atoms with Crippen LogP contribution in [-0.4, -0.2) is 18.2 Å². The SMILES string of the molecule is CCCC[C@H](CC)CNC(=O)CSCc1ccc(F)cc1. The molecule has 1 aromatic rings. The summed E-state index contributed by atoms with van der Waals surface area (Å²) in [7, 11) is 0. The highest BCUT2D eigenvalue weighted by molar-refractivity contribution is 7.99. The van der Waals surface area contributed by atoms with E-state index >= 15 is 0 Å². The van der Waals surface area contributed by atoms with Crippen LogP contribution in [0.4, 0.5) is 4.39 Å². The van der Waals surface area contributed by atoms with E-state index in [1.165, 1.54) is 31.4 Å². The molecule has 118 valence electrons. The van der Waals surface area contributed by atoms with Crippen molar-refractivity contribution < 1.29 is 9.18 Å². The van der Waals surface area contributed by atoms with Crippen molar-refractivity contribution >= 4 is 17.7 Å². The molecule has 0 aromatic heterocycles. The minimum atomic E-state index is -0.223. The number of hydrogen-bond donors (Lipinski definition) is 1. The Balaban J connectivity index is 2.17. The van der Waals surface area contributed by atoms with Gasteiger partial charge in [0.15, 0.2) is 0 Å². The molecule has 0 saturated heterocycles. The highest BCUT2D eigenvalue weighted by Crippen LogP contribution is 2.13. The van der Waals surface area contributed by atoms with E-state index in [-0.39, 0.29) is 11.7 Å². The van der Waals surface area contributed by atoms with E-state index in [1.54, 1.807) is 23.9 Å². The molecule has 0 aliphatic rings. The summed E-state index contributed by atoms with van der Waals surface area (Å²) in [4.78, 5) is 11.8. The summed E-state index contributed by atoms with van der Waals surface area (Å²) in [6.07, 6.45) is 4.74. The predicted molar refractivity (Wildman–Crippen MR) is 88.9 cm³/mol. The normalized spacial score (nSPS) is 12.1. The summed E-state index contributed by atoms with van der Waals surface area (Å²) in [6.45, 7) is 5.15. The summed E-state index contributed by atoms with van der Waals surface area (Å²) in [6, 6.07) is 6.43. The van der Waals surface area contributed by atoms with Gasteiger partial charge in [0.25, 0.3) is 0 Å². The molecule has 0 aliphatic carbocycles. The monoisotopic (exact) mass is 311 g/mol. The van der Waals surface area contributed by atoms with Crippen LogP contribution >= 0.6 is 11.8 Å². The molecule has 1 rings (SSSR count). The van der Waals surface area contributed by atoms with Gasteiger partial charge >= 0.3 is 0 Å². The van der Waals surface area contributed by atoms with Gasteiger partial charge in [-0.25, -0.2) is 4.39 Å². The first-order valence-corrected chi connectivity index (χ1v) is 8.90. The number of nitrogens with one attached hydrogen (secondary N) is 1. The number of rotatable bonds is 10. The molecule has 0 saturated carbocycles. The molecule has 0 aliphatic heterocycles. The average Bonchev–Trinajstić information content (AvgIpc) is 2.49. The zero-order valence-corrected chi connectivity index (χ0v) is 13.8. The zero-order valence-electron chi connectivity index (χ0n) is 13.0. The summed E-state index contributed by atoms with van der Waals surface area (Å²) in [5, 5.41) is 3.02. The number of hydrogen-bond acceptors (Lipinski definition) is 2. The van der Waals surface area contributed by atoms with Crippen molar-refractivity contribution in [3.63, 3.8) is 0 Å². The first-order chi connectivity index (χ1) is 10.2. The van der Waals surface area contributed by atoms with Crippen molar-refractivity contribution in [2.24, 2.45) is 5.92 Å². The molecular formula is C17H26FNOS. The van der Waals surface area contributed by atoms with Crippen molar-refractivity contribution in [3.8, 4) is 0 Å². The summed E-state index contributed by atoms with van der Waals surface area (Å²) in [5.41, 5.74) is 1.04. The molecule has 1 aromatic carbocycles. The zero-order chi connectivity index (χ0) is 15.5. The Kier molecular flexibility index (Phi) is 9.15. The van der Waals surface area contributed by atoms with Crippen molar-refractivity contribution in [3.05, 3.63) is 35.6 Å². The standard InChI is InChI=1S/C17H26FNOS/c1-3-5-6-14(4-2)11-19-17(20)13-21-12-15-7-9-16(18)10-8-15/h7-10,14H,3-6,11-13H2,1-2H3,(H,19,20)/t14-/m0/s1. The third-order valence-electron chi connectivity index (χ3n) is 3.55. The maximum atomic E-state index is 12.8. The number of thioether (sulfide) groups is 1. The van der Waals surface area contributed by atoms with Crippen LogP contribution < -0.4 is 5.32 Å². The highest BCUT2D eigenvalue weighted by atomic mass is 32.2. The van der Waals surface area contributed by atoms with Crippen LogP contribution in [0.1, 0.15) is 45.1 Å². The Morgan fingerprint density at radius 1 is 1.29 bits per heavy atom. The molecular weight excluding hydrogens is 285 g/mol. The van der Waals surface area contributed by atoms with E-state index in [0.29, 0.717) is 11.7 Å². The van der Waals surface area contributed by atoms with Crippen LogP contribution in [0.3, 0.4) is 0 Å². The number of benzene rings is 1. The molecule has 0 bridgehead atoms. The molecule has 0 heterocycles. The Hall–Kier alpha value is -1.03. The predicted octanol–water partition coefficient (Wildman–Crippen LogP) is 4.39. The first kappa shape index (κ1) is 18.0. The molecule has 0 spiro atoms. The van der Waals surface area contributed by atoms with Gasteiger partial charge in [0.05, 0.1) is 5.75 Å². The molecule has 0 fully saturated rings. The van der Waals surface area contributed by atoms with E-state index in [1.807, 2.05) is 0 Å². The quantitative estimate of drug-likeness (QED) is 0.694. The maximum Gasteiger partial charge on any atom is 0.230 e. The van der Waals surface area contributed by atoms with E-state index in [4.69, 9.17) is 0 Å². The molecule has 4 heteroatoms. The molecule has 1 N–H and O–H groups in total. The van der Waals surface area contributed by atoms with Crippen molar-refractivity contribution in [1.29, 1.82) is 0 Å². The third-order valence-corrected chi connectivity index (χ3v) is 4.55. The Labute approximate surface area is 131 Å². The van der Waals surface area contributed by atoms with Gasteiger partial charge in [-0.2, -0.15) is 0 Å². The fraction of sp³-hybridized carbons (Fsp3) is 0.588. The lowest BCUT2D eigenvalue weighted by Crippen LogP contribution is -2.30. The smallest absolute Gasteiger partial charge is 0.230 e. The fourth-order valence-corrected chi connectivity index (χ4v) is 2.91. The molecule has 0 unspecified atom stereocenters. The van der Waals surface area contributed by atoms with Crippen LogP contribution in [-0.2, 0) is 10.5 Å². The Morgan fingerprint density at radius 3 is 2.62 bits per heavy atom. The van der Waals surface area contributed by atoms with Gasteiger partial charge < -0.3 is 5.32 Å².